The Hall–Kier alpha value is -3.27. The number of halogens is 2. The minimum atomic E-state index is -4.27. The topological polar surface area (TPSA) is 96.0 Å². The molecule has 0 aliphatic heterocycles. The number of ether oxygens (including phenoxy) is 1. The first-order valence-electron chi connectivity index (χ1n) is 14.3. The number of sulfonamides is 1. The Bertz CT molecular complexity index is 1530. The van der Waals surface area contributed by atoms with Gasteiger partial charge in [-0.1, -0.05) is 72.8 Å². The van der Waals surface area contributed by atoms with Gasteiger partial charge in [0.2, 0.25) is 11.8 Å². The van der Waals surface area contributed by atoms with Crippen LogP contribution in [0.5, 0.6) is 5.75 Å². The molecule has 43 heavy (non-hydrogen) atoms. The lowest BCUT2D eigenvalue weighted by Crippen LogP contribution is -2.53. The molecule has 0 heterocycles. The minimum Gasteiger partial charge on any atom is -0.497 e. The van der Waals surface area contributed by atoms with Gasteiger partial charge < -0.3 is 15.0 Å². The SMILES string of the molecule is CC[C@H](C(=O)NC1CCCC1)N(Cc1ccc(OC)cc1)C(=O)CN(c1cc(Cl)ccc1Cl)S(=O)(=O)c1ccc(C)cc1. The summed E-state index contributed by atoms with van der Waals surface area (Å²) in [6.07, 6.45) is 4.21. The Morgan fingerprint density at radius 3 is 2.26 bits per heavy atom. The van der Waals surface area contributed by atoms with Crippen molar-refractivity contribution in [3.05, 3.63) is 87.9 Å². The Balaban J connectivity index is 1.74. The van der Waals surface area contributed by atoms with Gasteiger partial charge in [0, 0.05) is 17.6 Å². The van der Waals surface area contributed by atoms with E-state index in [0.717, 1.165) is 41.1 Å². The lowest BCUT2D eigenvalue weighted by molar-refractivity contribution is -0.140. The summed E-state index contributed by atoms with van der Waals surface area (Å²) < 4.78 is 34.4. The van der Waals surface area contributed by atoms with Crippen molar-refractivity contribution in [3.8, 4) is 5.75 Å². The molecule has 230 valence electrons. The number of rotatable bonds is 12. The van der Waals surface area contributed by atoms with Crippen molar-refractivity contribution in [1.29, 1.82) is 0 Å². The van der Waals surface area contributed by atoms with Crippen LogP contribution in [0.4, 0.5) is 5.69 Å². The van der Waals surface area contributed by atoms with Crippen LogP contribution < -0.4 is 14.4 Å². The molecule has 0 aromatic heterocycles. The molecule has 11 heteroatoms. The normalized spacial score (nSPS) is 14.3. The third-order valence-corrected chi connectivity index (χ3v) is 9.99. The summed E-state index contributed by atoms with van der Waals surface area (Å²) in [6.45, 7) is 3.17. The number of benzene rings is 3. The van der Waals surface area contributed by atoms with E-state index >= 15 is 0 Å². The van der Waals surface area contributed by atoms with Crippen molar-refractivity contribution in [1.82, 2.24) is 10.2 Å². The molecule has 1 atom stereocenters. The predicted octanol–water partition coefficient (Wildman–Crippen LogP) is 6.37. The Morgan fingerprint density at radius 1 is 1.00 bits per heavy atom. The highest BCUT2D eigenvalue weighted by Crippen LogP contribution is 2.33. The van der Waals surface area contributed by atoms with Gasteiger partial charge >= 0.3 is 0 Å². The zero-order chi connectivity index (χ0) is 31.1. The minimum absolute atomic E-state index is 0.00494. The molecule has 1 fully saturated rings. The van der Waals surface area contributed by atoms with Crippen molar-refractivity contribution < 1.29 is 22.7 Å². The second-order valence-electron chi connectivity index (χ2n) is 10.7. The van der Waals surface area contributed by atoms with Gasteiger partial charge in [0.1, 0.15) is 18.3 Å². The molecule has 4 rings (SSSR count). The molecule has 0 bridgehead atoms. The number of carbonyl (C=O) groups excluding carboxylic acids is 2. The fraction of sp³-hybridized carbons (Fsp3) is 0.375. The largest absolute Gasteiger partial charge is 0.497 e. The zero-order valence-corrected chi connectivity index (χ0v) is 26.9. The summed E-state index contributed by atoms with van der Waals surface area (Å²) in [7, 11) is -2.70. The molecule has 1 saturated carbocycles. The number of hydrogen-bond acceptors (Lipinski definition) is 5. The van der Waals surface area contributed by atoms with Gasteiger partial charge in [0.25, 0.3) is 10.0 Å². The Morgan fingerprint density at radius 2 is 1.65 bits per heavy atom. The standard InChI is InChI=1S/C32H37Cl2N3O5S/c1-4-29(32(39)35-25-7-5-6-8-25)36(20-23-11-14-26(42-3)15-12-23)31(38)21-37(30-19-24(33)13-18-28(30)34)43(40,41)27-16-9-22(2)10-17-27/h9-19,25,29H,4-8,20-21H2,1-3H3,(H,35,39)/t29-/m1/s1. The molecule has 2 amide bonds. The zero-order valence-electron chi connectivity index (χ0n) is 24.6. The number of amides is 2. The van der Waals surface area contributed by atoms with Crippen LogP contribution in [0.3, 0.4) is 0 Å². The van der Waals surface area contributed by atoms with E-state index in [2.05, 4.69) is 5.32 Å². The summed E-state index contributed by atoms with van der Waals surface area (Å²) in [5.74, 6) is -0.167. The van der Waals surface area contributed by atoms with Crippen LogP contribution in [-0.4, -0.2) is 50.9 Å². The molecular weight excluding hydrogens is 609 g/mol. The molecule has 8 nitrogen and oxygen atoms in total. The number of aryl methyl sites for hydroxylation is 1. The molecule has 0 spiro atoms. The number of nitrogens with one attached hydrogen (secondary N) is 1. The van der Waals surface area contributed by atoms with Crippen LogP contribution in [0.25, 0.3) is 0 Å². The lowest BCUT2D eigenvalue weighted by Gasteiger charge is -2.34. The first-order chi connectivity index (χ1) is 20.5. The number of anilines is 1. The highest BCUT2D eigenvalue weighted by Gasteiger charge is 2.35. The van der Waals surface area contributed by atoms with Crippen LogP contribution in [0, 0.1) is 6.92 Å². The van der Waals surface area contributed by atoms with Crippen molar-refractivity contribution >= 4 is 50.7 Å². The fourth-order valence-corrected chi connectivity index (χ4v) is 7.10. The maximum absolute atomic E-state index is 14.3. The lowest BCUT2D eigenvalue weighted by atomic mass is 10.1. The van der Waals surface area contributed by atoms with E-state index in [1.165, 1.54) is 29.2 Å². The molecule has 1 aliphatic carbocycles. The Kier molecular flexibility index (Phi) is 11.0. The second-order valence-corrected chi connectivity index (χ2v) is 13.4. The predicted molar refractivity (Wildman–Crippen MR) is 170 cm³/mol. The van der Waals surface area contributed by atoms with Crippen molar-refractivity contribution in [2.45, 2.75) is 69.5 Å². The molecule has 0 radical (unpaired) electrons. The average molecular weight is 647 g/mol. The molecule has 0 saturated heterocycles. The van der Waals surface area contributed by atoms with Crippen LogP contribution in [-0.2, 0) is 26.2 Å². The summed E-state index contributed by atoms with van der Waals surface area (Å²) in [5, 5.41) is 3.48. The number of carbonyl (C=O) groups is 2. The van der Waals surface area contributed by atoms with Gasteiger partial charge in [-0.15, -0.1) is 0 Å². The number of methoxy groups -OCH3 is 1. The van der Waals surface area contributed by atoms with E-state index in [-0.39, 0.29) is 39.1 Å². The van der Waals surface area contributed by atoms with Gasteiger partial charge in [-0.05, 0) is 74.2 Å². The molecule has 3 aromatic carbocycles. The number of hydrogen-bond donors (Lipinski definition) is 1. The average Bonchev–Trinajstić information content (AvgIpc) is 3.50. The molecule has 0 unspecified atom stereocenters. The van der Waals surface area contributed by atoms with E-state index in [9.17, 15) is 18.0 Å². The maximum Gasteiger partial charge on any atom is 0.264 e. The Labute approximate surface area is 264 Å². The van der Waals surface area contributed by atoms with E-state index in [1.54, 1.807) is 37.4 Å². The molecule has 3 aromatic rings. The summed E-state index contributed by atoms with van der Waals surface area (Å²) >= 11 is 12.8. The maximum atomic E-state index is 14.3. The highest BCUT2D eigenvalue weighted by atomic mass is 35.5. The van der Waals surface area contributed by atoms with Gasteiger partial charge in [-0.25, -0.2) is 8.42 Å². The summed E-state index contributed by atoms with van der Waals surface area (Å²) in [5.41, 5.74) is 1.71. The third kappa shape index (κ3) is 8.02. The fourth-order valence-electron chi connectivity index (χ4n) is 5.24. The number of nitrogens with zero attached hydrogens (tertiary/aromatic N) is 2. The smallest absolute Gasteiger partial charge is 0.264 e. The third-order valence-electron chi connectivity index (χ3n) is 7.66. The first kappa shape index (κ1) is 32.6. The second kappa shape index (κ2) is 14.5. The molecule has 1 aliphatic rings. The van der Waals surface area contributed by atoms with Crippen LogP contribution in [0.15, 0.2) is 71.6 Å². The van der Waals surface area contributed by atoms with Gasteiger partial charge in [0.15, 0.2) is 0 Å². The van der Waals surface area contributed by atoms with Crippen LogP contribution >= 0.6 is 23.2 Å². The molecular formula is C32H37Cl2N3O5S. The van der Waals surface area contributed by atoms with E-state index in [0.29, 0.717) is 12.2 Å². The first-order valence-corrected chi connectivity index (χ1v) is 16.5. The monoisotopic (exact) mass is 645 g/mol. The van der Waals surface area contributed by atoms with Crippen molar-refractivity contribution in [2.75, 3.05) is 18.0 Å². The summed E-state index contributed by atoms with van der Waals surface area (Å²) in [4.78, 5) is 29.3. The molecule has 1 N–H and O–H groups in total. The van der Waals surface area contributed by atoms with E-state index in [4.69, 9.17) is 27.9 Å². The highest BCUT2D eigenvalue weighted by molar-refractivity contribution is 7.92. The van der Waals surface area contributed by atoms with Crippen molar-refractivity contribution in [3.63, 3.8) is 0 Å². The van der Waals surface area contributed by atoms with Crippen LogP contribution in [0.2, 0.25) is 10.0 Å². The van der Waals surface area contributed by atoms with Crippen LogP contribution in [0.1, 0.15) is 50.2 Å². The summed E-state index contributed by atoms with van der Waals surface area (Å²) in [6, 6.07) is 17.2. The van der Waals surface area contributed by atoms with Gasteiger partial charge in [0.05, 0.1) is 22.7 Å². The van der Waals surface area contributed by atoms with E-state index < -0.39 is 28.5 Å². The quantitative estimate of drug-likeness (QED) is 0.247. The van der Waals surface area contributed by atoms with E-state index in [1.807, 2.05) is 26.0 Å². The van der Waals surface area contributed by atoms with Crippen molar-refractivity contribution in [2.24, 2.45) is 0 Å². The van der Waals surface area contributed by atoms with Gasteiger partial charge in [-0.3, -0.25) is 13.9 Å². The van der Waals surface area contributed by atoms with Gasteiger partial charge in [-0.2, -0.15) is 0 Å².